The summed E-state index contributed by atoms with van der Waals surface area (Å²) in [5.41, 5.74) is 3.34. The molecule has 6 heteroatoms. The van der Waals surface area contributed by atoms with E-state index in [-0.39, 0.29) is 11.5 Å². The zero-order valence-corrected chi connectivity index (χ0v) is 16.5. The van der Waals surface area contributed by atoms with Crippen LogP contribution >= 0.6 is 0 Å². The van der Waals surface area contributed by atoms with Gasteiger partial charge in [-0.1, -0.05) is 18.2 Å². The van der Waals surface area contributed by atoms with Crippen molar-refractivity contribution >= 4 is 23.8 Å². The third-order valence-corrected chi connectivity index (χ3v) is 4.32. The third-order valence-electron chi connectivity index (χ3n) is 4.32. The van der Waals surface area contributed by atoms with Crippen molar-refractivity contribution in [2.45, 2.75) is 6.92 Å². The number of hydrogen-bond acceptors (Lipinski definition) is 6. The maximum atomic E-state index is 10.2. The van der Waals surface area contributed by atoms with Crippen LogP contribution < -0.4 is 9.47 Å². The van der Waals surface area contributed by atoms with Crippen molar-refractivity contribution in [1.29, 1.82) is 0 Å². The summed E-state index contributed by atoms with van der Waals surface area (Å²) in [4.78, 5) is 8.98. The summed E-state index contributed by atoms with van der Waals surface area (Å²) in [6, 6.07) is 16.1. The van der Waals surface area contributed by atoms with Crippen LogP contribution in [-0.2, 0) is 0 Å². The lowest BCUT2D eigenvalue weighted by Crippen LogP contribution is -1.89. The standard InChI is InChI=1S/C23H22N2O4/c1-15-10-11-18(24-13-16-6-4-8-20(28-2)22(16)26)19(12-15)25-14-17-7-5-9-21(29-3)23(17)27/h4-14,26-27H,1-3H3. The molecule has 0 unspecified atom stereocenters. The first kappa shape index (κ1) is 19.9. The van der Waals surface area contributed by atoms with E-state index >= 15 is 0 Å². The molecule has 0 radical (unpaired) electrons. The van der Waals surface area contributed by atoms with Crippen LogP contribution in [0.25, 0.3) is 0 Å². The second-order valence-corrected chi connectivity index (χ2v) is 6.30. The number of aliphatic imine (C=N–C) groups is 2. The number of nitrogens with zero attached hydrogens (tertiary/aromatic N) is 2. The molecule has 0 saturated heterocycles. The fourth-order valence-electron chi connectivity index (χ4n) is 2.74. The molecule has 3 rings (SSSR count). The van der Waals surface area contributed by atoms with E-state index in [9.17, 15) is 10.2 Å². The van der Waals surface area contributed by atoms with Gasteiger partial charge in [0, 0.05) is 23.6 Å². The molecule has 0 saturated carbocycles. The first-order valence-electron chi connectivity index (χ1n) is 8.94. The summed E-state index contributed by atoms with van der Waals surface area (Å²) in [5, 5.41) is 20.5. The fourth-order valence-corrected chi connectivity index (χ4v) is 2.74. The van der Waals surface area contributed by atoms with Crippen LogP contribution in [0.2, 0.25) is 0 Å². The minimum atomic E-state index is 0.0252. The highest BCUT2D eigenvalue weighted by molar-refractivity contribution is 5.90. The van der Waals surface area contributed by atoms with Crippen LogP contribution in [-0.4, -0.2) is 36.9 Å². The van der Waals surface area contributed by atoms with E-state index in [1.54, 1.807) is 48.8 Å². The zero-order chi connectivity index (χ0) is 20.8. The number of phenolic OH excluding ortho intramolecular Hbond substituents is 2. The number of methoxy groups -OCH3 is 2. The fraction of sp³-hybridized carbons (Fsp3) is 0.130. The van der Waals surface area contributed by atoms with Crippen LogP contribution in [0, 0.1) is 6.92 Å². The van der Waals surface area contributed by atoms with Crippen LogP contribution in [0.15, 0.2) is 64.6 Å². The lowest BCUT2D eigenvalue weighted by molar-refractivity contribution is 0.373. The molecule has 3 aromatic rings. The zero-order valence-electron chi connectivity index (χ0n) is 16.5. The highest BCUT2D eigenvalue weighted by Gasteiger charge is 2.07. The molecule has 0 amide bonds. The first-order valence-corrected chi connectivity index (χ1v) is 8.94. The maximum absolute atomic E-state index is 10.2. The number of aryl methyl sites for hydroxylation is 1. The number of aromatic hydroxyl groups is 2. The topological polar surface area (TPSA) is 83.6 Å². The van der Waals surface area contributed by atoms with Gasteiger partial charge in [-0.05, 0) is 48.9 Å². The summed E-state index contributed by atoms with van der Waals surface area (Å²) in [5.74, 6) is 0.810. The van der Waals surface area contributed by atoms with Gasteiger partial charge in [-0.2, -0.15) is 0 Å². The Morgan fingerprint density at radius 1 is 0.724 bits per heavy atom. The van der Waals surface area contributed by atoms with Crippen LogP contribution in [0.1, 0.15) is 16.7 Å². The first-order chi connectivity index (χ1) is 14.0. The Balaban J connectivity index is 1.95. The predicted octanol–water partition coefficient (Wildman–Crippen LogP) is 4.92. The molecule has 0 heterocycles. The highest BCUT2D eigenvalue weighted by Crippen LogP contribution is 2.33. The van der Waals surface area contributed by atoms with Gasteiger partial charge in [-0.15, -0.1) is 0 Å². The molecule has 0 atom stereocenters. The average Bonchev–Trinajstić information content (AvgIpc) is 2.73. The molecule has 2 N–H and O–H groups in total. The van der Waals surface area contributed by atoms with E-state index < -0.39 is 0 Å². The van der Waals surface area contributed by atoms with E-state index in [1.165, 1.54) is 14.2 Å². The molecule has 0 aliphatic heterocycles. The van der Waals surface area contributed by atoms with Crippen LogP contribution in [0.3, 0.4) is 0 Å². The summed E-state index contributed by atoms with van der Waals surface area (Å²) in [6.45, 7) is 1.96. The van der Waals surface area contributed by atoms with Crippen LogP contribution in [0.5, 0.6) is 23.0 Å². The van der Waals surface area contributed by atoms with Crippen molar-refractivity contribution in [3.05, 3.63) is 71.3 Å². The number of hydrogen-bond donors (Lipinski definition) is 2. The summed E-state index contributed by atoms with van der Waals surface area (Å²) < 4.78 is 10.3. The Labute approximate surface area is 169 Å². The van der Waals surface area contributed by atoms with Gasteiger partial charge in [0.15, 0.2) is 23.0 Å². The van der Waals surface area contributed by atoms with E-state index in [0.29, 0.717) is 34.0 Å². The Bertz CT molecular complexity index is 1070. The third kappa shape index (κ3) is 4.55. The Hall–Kier alpha value is -3.80. The van der Waals surface area contributed by atoms with Gasteiger partial charge < -0.3 is 19.7 Å². The second-order valence-electron chi connectivity index (χ2n) is 6.30. The number of benzene rings is 3. The number of para-hydroxylation sites is 2. The molecule has 0 bridgehead atoms. The second kappa shape index (κ2) is 8.93. The Morgan fingerprint density at radius 3 is 1.76 bits per heavy atom. The SMILES string of the molecule is COc1cccc(C=Nc2ccc(C)cc2N=Cc2cccc(OC)c2O)c1O. The smallest absolute Gasteiger partial charge is 0.166 e. The largest absolute Gasteiger partial charge is 0.504 e. The monoisotopic (exact) mass is 390 g/mol. The molecule has 3 aromatic carbocycles. The summed E-state index contributed by atoms with van der Waals surface area (Å²) >= 11 is 0. The minimum absolute atomic E-state index is 0.0252. The van der Waals surface area contributed by atoms with E-state index in [2.05, 4.69) is 9.98 Å². The molecule has 29 heavy (non-hydrogen) atoms. The van der Waals surface area contributed by atoms with Crippen molar-refractivity contribution in [2.75, 3.05) is 14.2 Å². The molecule has 148 valence electrons. The van der Waals surface area contributed by atoms with Crippen molar-refractivity contribution < 1.29 is 19.7 Å². The van der Waals surface area contributed by atoms with Gasteiger partial charge in [-0.25, -0.2) is 0 Å². The van der Waals surface area contributed by atoms with Gasteiger partial charge in [0.2, 0.25) is 0 Å². The molecular formula is C23H22N2O4. The Kier molecular flexibility index (Phi) is 6.14. The summed E-state index contributed by atoms with van der Waals surface area (Å²) in [7, 11) is 2.99. The van der Waals surface area contributed by atoms with Crippen molar-refractivity contribution in [3.63, 3.8) is 0 Å². The molecular weight excluding hydrogens is 368 g/mol. The number of ether oxygens (including phenoxy) is 2. The summed E-state index contributed by atoms with van der Waals surface area (Å²) in [6.07, 6.45) is 3.12. The highest BCUT2D eigenvalue weighted by atomic mass is 16.5. The molecule has 0 fully saturated rings. The lowest BCUT2D eigenvalue weighted by atomic mass is 10.1. The van der Waals surface area contributed by atoms with Crippen molar-refractivity contribution in [1.82, 2.24) is 0 Å². The molecule has 0 aliphatic rings. The normalized spacial score (nSPS) is 11.3. The van der Waals surface area contributed by atoms with Gasteiger partial charge >= 0.3 is 0 Å². The van der Waals surface area contributed by atoms with Gasteiger partial charge in [0.05, 0.1) is 25.6 Å². The number of phenols is 2. The van der Waals surface area contributed by atoms with E-state index in [1.807, 2.05) is 25.1 Å². The van der Waals surface area contributed by atoms with E-state index in [0.717, 1.165) is 5.56 Å². The number of rotatable bonds is 6. The molecule has 6 nitrogen and oxygen atoms in total. The molecule has 0 aliphatic carbocycles. The molecule has 0 aromatic heterocycles. The lowest BCUT2D eigenvalue weighted by Gasteiger charge is -2.06. The average molecular weight is 390 g/mol. The minimum Gasteiger partial charge on any atom is -0.504 e. The van der Waals surface area contributed by atoms with E-state index in [4.69, 9.17) is 9.47 Å². The van der Waals surface area contributed by atoms with Crippen molar-refractivity contribution in [3.8, 4) is 23.0 Å². The van der Waals surface area contributed by atoms with Crippen molar-refractivity contribution in [2.24, 2.45) is 9.98 Å². The quantitative estimate of drug-likeness (QED) is 0.585. The molecule has 0 spiro atoms. The maximum Gasteiger partial charge on any atom is 0.166 e. The van der Waals surface area contributed by atoms with Gasteiger partial charge in [-0.3, -0.25) is 9.98 Å². The predicted molar refractivity (Wildman–Crippen MR) is 115 cm³/mol. The van der Waals surface area contributed by atoms with Crippen LogP contribution in [0.4, 0.5) is 11.4 Å². The van der Waals surface area contributed by atoms with Gasteiger partial charge in [0.1, 0.15) is 0 Å². The Morgan fingerprint density at radius 2 is 1.24 bits per heavy atom. The van der Waals surface area contributed by atoms with Gasteiger partial charge in [0.25, 0.3) is 0 Å².